The number of unbranched alkanes of at least 4 members (excludes halogenated alkanes) is 1. The molecule has 0 saturated carbocycles. The minimum Gasteiger partial charge on any atom is -0.479 e. The lowest BCUT2D eigenvalue weighted by molar-refractivity contribution is -0.294. The Kier molecular flexibility index (Phi) is 8.77. The van der Waals surface area contributed by atoms with Gasteiger partial charge in [-0.3, -0.25) is 0 Å². The molecule has 1 heterocycles. The van der Waals surface area contributed by atoms with Gasteiger partial charge in [-0.25, -0.2) is 4.79 Å². The Morgan fingerprint density at radius 2 is 1.74 bits per heavy atom. The molecule has 0 spiro atoms. The third-order valence-corrected chi connectivity index (χ3v) is 4.64. The van der Waals surface area contributed by atoms with E-state index in [-0.39, 0.29) is 12.1 Å². The number of rotatable bonds is 9. The standard InChI is InChI=1S/C19H24F3NO8/c1-29-9-3-2-4-12(10-5-7-11(8-6-10)19(20,21)22)23-31-18-15(26)13(24)14(25)16(30-18)17(27)28/h5-8,13-16,18,24-26H,2-4,9H2,1H3,(H,27,28)/b23-12-/t13?,14-,15?,16?,18-/m1/s1. The van der Waals surface area contributed by atoms with Crippen LogP contribution in [0, 0.1) is 0 Å². The maximum absolute atomic E-state index is 12.8. The fourth-order valence-electron chi connectivity index (χ4n) is 2.89. The van der Waals surface area contributed by atoms with Crippen LogP contribution in [0.25, 0.3) is 0 Å². The number of hydrogen-bond donors (Lipinski definition) is 4. The summed E-state index contributed by atoms with van der Waals surface area (Å²) in [6.45, 7) is 0.454. The van der Waals surface area contributed by atoms with Gasteiger partial charge in [-0.1, -0.05) is 17.3 Å². The molecule has 3 unspecified atom stereocenters. The number of carboxylic acid groups (broad SMARTS) is 1. The van der Waals surface area contributed by atoms with Gasteiger partial charge in [0, 0.05) is 13.7 Å². The summed E-state index contributed by atoms with van der Waals surface area (Å²) in [6, 6.07) is 4.18. The minimum absolute atomic E-state index is 0.216. The highest BCUT2D eigenvalue weighted by Gasteiger charge is 2.48. The molecule has 9 nitrogen and oxygen atoms in total. The molecule has 174 valence electrons. The molecule has 0 amide bonds. The van der Waals surface area contributed by atoms with Gasteiger partial charge in [0.25, 0.3) is 6.29 Å². The van der Waals surface area contributed by atoms with Crippen LogP contribution < -0.4 is 0 Å². The van der Waals surface area contributed by atoms with Gasteiger partial charge in [-0.15, -0.1) is 0 Å². The van der Waals surface area contributed by atoms with E-state index >= 15 is 0 Å². The van der Waals surface area contributed by atoms with Crippen LogP contribution in [0.4, 0.5) is 13.2 Å². The van der Waals surface area contributed by atoms with Gasteiger partial charge >= 0.3 is 12.1 Å². The maximum atomic E-state index is 12.8. The predicted molar refractivity (Wildman–Crippen MR) is 99.1 cm³/mol. The average molecular weight is 451 g/mol. The summed E-state index contributed by atoms with van der Waals surface area (Å²) in [5, 5.41) is 42.4. The largest absolute Gasteiger partial charge is 0.479 e. The normalized spacial score (nSPS) is 27.2. The van der Waals surface area contributed by atoms with E-state index in [2.05, 4.69) is 5.16 Å². The Morgan fingerprint density at radius 1 is 1.10 bits per heavy atom. The number of alkyl halides is 3. The van der Waals surface area contributed by atoms with Gasteiger partial charge in [-0.05, 0) is 37.0 Å². The molecule has 1 aliphatic heterocycles. The average Bonchev–Trinajstić information content (AvgIpc) is 2.72. The number of halogens is 3. The SMILES string of the molecule is COCCCC/C(=N/O[C@H]1OC(C(=O)O)[C@H](O)C(O)C1O)c1ccc(C(F)(F)F)cc1. The van der Waals surface area contributed by atoms with E-state index in [4.69, 9.17) is 19.4 Å². The molecule has 0 aromatic heterocycles. The fourth-order valence-corrected chi connectivity index (χ4v) is 2.89. The number of hydrogen-bond acceptors (Lipinski definition) is 8. The number of methoxy groups -OCH3 is 1. The van der Waals surface area contributed by atoms with Crippen molar-refractivity contribution in [3.05, 3.63) is 35.4 Å². The Morgan fingerprint density at radius 3 is 2.29 bits per heavy atom. The number of ether oxygens (including phenoxy) is 2. The van der Waals surface area contributed by atoms with Crippen molar-refractivity contribution in [3.63, 3.8) is 0 Å². The van der Waals surface area contributed by atoms with Gasteiger partial charge < -0.3 is 34.7 Å². The number of aliphatic hydroxyl groups excluding tert-OH is 3. The van der Waals surface area contributed by atoms with Crippen molar-refractivity contribution in [1.29, 1.82) is 0 Å². The number of carbonyl (C=O) groups is 1. The van der Waals surface area contributed by atoms with E-state index < -0.39 is 48.4 Å². The van der Waals surface area contributed by atoms with Crippen molar-refractivity contribution in [2.75, 3.05) is 13.7 Å². The van der Waals surface area contributed by atoms with Crippen LogP contribution in [0.15, 0.2) is 29.4 Å². The van der Waals surface area contributed by atoms with E-state index in [0.717, 1.165) is 12.1 Å². The fraction of sp³-hybridized carbons (Fsp3) is 0.579. The van der Waals surface area contributed by atoms with Gasteiger partial charge in [0.2, 0.25) is 0 Å². The molecule has 0 aliphatic carbocycles. The lowest BCUT2D eigenvalue weighted by Crippen LogP contribution is -2.60. The molecule has 0 radical (unpaired) electrons. The third-order valence-electron chi connectivity index (χ3n) is 4.64. The van der Waals surface area contributed by atoms with Crippen LogP contribution in [0.3, 0.4) is 0 Å². The number of aliphatic carboxylic acids is 1. The topological polar surface area (TPSA) is 138 Å². The van der Waals surface area contributed by atoms with Gasteiger partial charge in [-0.2, -0.15) is 13.2 Å². The Balaban J connectivity index is 2.21. The Labute approximate surface area is 175 Å². The lowest BCUT2D eigenvalue weighted by atomic mass is 9.99. The van der Waals surface area contributed by atoms with Gasteiger partial charge in [0.1, 0.15) is 18.3 Å². The first-order chi connectivity index (χ1) is 14.6. The van der Waals surface area contributed by atoms with Gasteiger partial charge in [0.15, 0.2) is 6.10 Å². The van der Waals surface area contributed by atoms with Gasteiger partial charge in [0.05, 0.1) is 11.3 Å². The smallest absolute Gasteiger partial charge is 0.416 e. The quantitative estimate of drug-likeness (QED) is 0.249. The first kappa shape index (κ1) is 25.0. The van der Waals surface area contributed by atoms with Crippen LogP contribution in [0.1, 0.15) is 30.4 Å². The number of carboxylic acids is 1. The maximum Gasteiger partial charge on any atom is 0.416 e. The summed E-state index contributed by atoms with van der Waals surface area (Å²) in [5.74, 6) is -1.58. The number of oxime groups is 1. The molecule has 4 N–H and O–H groups in total. The van der Waals surface area contributed by atoms with Crippen molar-refractivity contribution in [1.82, 2.24) is 0 Å². The zero-order valence-electron chi connectivity index (χ0n) is 16.5. The highest BCUT2D eigenvalue weighted by atomic mass is 19.4. The van der Waals surface area contributed by atoms with Crippen LogP contribution in [-0.2, 0) is 25.3 Å². The van der Waals surface area contributed by atoms with E-state index in [1.54, 1.807) is 0 Å². The summed E-state index contributed by atoms with van der Waals surface area (Å²) >= 11 is 0. The van der Waals surface area contributed by atoms with E-state index in [9.17, 15) is 33.3 Å². The lowest BCUT2D eigenvalue weighted by Gasteiger charge is -2.37. The molecular formula is C19H24F3NO8. The van der Waals surface area contributed by atoms with Crippen LogP contribution in [0.2, 0.25) is 0 Å². The highest BCUT2D eigenvalue weighted by molar-refractivity contribution is 6.00. The molecule has 2 rings (SSSR count). The zero-order chi connectivity index (χ0) is 23.2. The van der Waals surface area contributed by atoms with E-state index in [0.29, 0.717) is 25.0 Å². The molecule has 1 aromatic carbocycles. The van der Waals surface area contributed by atoms with Crippen LogP contribution in [-0.4, -0.2) is 76.5 Å². The summed E-state index contributed by atoms with van der Waals surface area (Å²) in [4.78, 5) is 16.3. The third kappa shape index (κ3) is 6.61. The highest BCUT2D eigenvalue weighted by Crippen LogP contribution is 2.29. The number of aliphatic hydroxyl groups is 3. The monoisotopic (exact) mass is 451 g/mol. The first-order valence-electron chi connectivity index (χ1n) is 9.38. The van der Waals surface area contributed by atoms with E-state index in [1.807, 2.05) is 0 Å². The Hall–Kier alpha value is -2.25. The first-order valence-corrected chi connectivity index (χ1v) is 9.38. The summed E-state index contributed by atoms with van der Waals surface area (Å²) in [6.07, 6.45) is -12.2. The summed E-state index contributed by atoms with van der Waals surface area (Å²) < 4.78 is 48.4. The van der Waals surface area contributed by atoms with Crippen molar-refractivity contribution >= 4 is 11.7 Å². The summed E-state index contributed by atoms with van der Waals surface area (Å²) in [5.41, 5.74) is -0.317. The zero-order valence-corrected chi connectivity index (χ0v) is 16.5. The second-order valence-electron chi connectivity index (χ2n) is 6.90. The van der Waals surface area contributed by atoms with Crippen molar-refractivity contribution in [2.24, 2.45) is 5.16 Å². The van der Waals surface area contributed by atoms with E-state index in [1.165, 1.54) is 19.2 Å². The molecule has 0 bridgehead atoms. The molecular weight excluding hydrogens is 427 g/mol. The molecule has 12 heteroatoms. The van der Waals surface area contributed by atoms with Crippen molar-refractivity contribution in [2.45, 2.75) is 56.1 Å². The second-order valence-corrected chi connectivity index (χ2v) is 6.90. The molecule has 31 heavy (non-hydrogen) atoms. The molecule has 5 atom stereocenters. The summed E-state index contributed by atoms with van der Waals surface area (Å²) in [7, 11) is 1.52. The molecule has 1 saturated heterocycles. The van der Waals surface area contributed by atoms with Crippen LogP contribution in [0.5, 0.6) is 0 Å². The van der Waals surface area contributed by atoms with Crippen LogP contribution >= 0.6 is 0 Å². The second kappa shape index (κ2) is 10.9. The molecule has 1 aliphatic rings. The molecule has 1 aromatic rings. The number of benzene rings is 1. The van der Waals surface area contributed by atoms with Crippen molar-refractivity contribution < 1.29 is 52.7 Å². The molecule has 1 fully saturated rings. The minimum atomic E-state index is -4.51. The van der Waals surface area contributed by atoms with Crippen molar-refractivity contribution in [3.8, 4) is 0 Å². The predicted octanol–water partition coefficient (Wildman–Crippen LogP) is 1.14. The Bertz CT molecular complexity index is 756. The number of nitrogens with zero attached hydrogens (tertiary/aromatic N) is 1.